The lowest BCUT2D eigenvalue weighted by atomic mass is 9.98. The summed E-state index contributed by atoms with van der Waals surface area (Å²) in [7, 11) is 2.05. The molecule has 0 aromatic carbocycles. The molecule has 2 N–H and O–H groups in total. The number of piperidine rings is 1. The zero-order valence-electron chi connectivity index (χ0n) is 12.3. The average molecular weight is 255 g/mol. The minimum Gasteiger partial charge on any atom is -0.354 e. The van der Waals surface area contributed by atoms with Crippen LogP contribution in [0.2, 0.25) is 0 Å². The normalized spacial score (nSPS) is 22.2. The first-order valence-corrected chi connectivity index (χ1v) is 7.19. The topological polar surface area (TPSA) is 44.4 Å². The maximum Gasteiger partial charge on any atom is 0.237 e. The molecule has 0 saturated carbocycles. The lowest BCUT2D eigenvalue weighted by Gasteiger charge is -2.30. The highest BCUT2D eigenvalue weighted by Crippen LogP contribution is 2.12. The van der Waals surface area contributed by atoms with Gasteiger partial charge in [0.25, 0.3) is 0 Å². The minimum absolute atomic E-state index is 0.0364. The molecule has 0 spiro atoms. The Kier molecular flexibility index (Phi) is 6.65. The van der Waals surface area contributed by atoms with E-state index >= 15 is 0 Å². The SMILES string of the molecule is CC(C)CNC(=O)C(C)N(C)CC1CCCNC1. The van der Waals surface area contributed by atoms with Crippen molar-refractivity contribution in [3.63, 3.8) is 0 Å². The van der Waals surface area contributed by atoms with Crippen LogP contribution >= 0.6 is 0 Å². The second kappa shape index (κ2) is 7.74. The fourth-order valence-corrected chi connectivity index (χ4v) is 2.30. The Labute approximate surface area is 111 Å². The predicted molar refractivity (Wildman–Crippen MR) is 75.5 cm³/mol. The molecule has 1 fully saturated rings. The summed E-state index contributed by atoms with van der Waals surface area (Å²) in [4.78, 5) is 14.1. The zero-order chi connectivity index (χ0) is 13.5. The molecule has 2 unspecified atom stereocenters. The van der Waals surface area contributed by atoms with Crippen molar-refractivity contribution in [2.75, 3.05) is 33.2 Å². The molecule has 1 aliphatic heterocycles. The van der Waals surface area contributed by atoms with Crippen molar-refractivity contribution in [1.82, 2.24) is 15.5 Å². The highest BCUT2D eigenvalue weighted by Gasteiger charge is 2.22. The van der Waals surface area contributed by atoms with E-state index < -0.39 is 0 Å². The summed E-state index contributed by atoms with van der Waals surface area (Å²) in [5.41, 5.74) is 0. The number of likely N-dealkylation sites (N-methyl/N-ethyl adjacent to an activating group) is 1. The molecule has 1 heterocycles. The van der Waals surface area contributed by atoms with Crippen LogP contribution in [0.25, 0.3) is 0 Å². The van der Waals surface area contributed by atoms with Crippen LogP contribution in [0.15, 0.2) is 0 Å². The third-order valence-electron chi connectivity index (χ3n) is 3.67. The summed E-state index contributed by atoms with van der Waals surface area (Å²) in [6, 6.07) is -0.0364. The van der Waals surface area contributed by atoms with Gasteiger partial charge in [0.2, 0.25) is 5.91 Å². The van der Waals surface area contributed by atoms with Gasteiger partial charge in [0.15, 0.2) is 0 Å². The van der Waals surface area contributed by atoms with Crippen molar-refractivity contribution in [3.8, 4) is 0 Å². The second-order valence-electron chi connectivity index (χ2n) is 5.97. The van der Waals surface area contributed by atoms with E-state index in [1.807, 2.05) is 14.0 Å². The number of carbonyl (C=O) groups excluding carboxylic acids is 1. The lowest BCUT2D eigenvalue weighted by molar-refractivity contribution is -0.125. The standard InChI is InChI=1S/C14H29N3O/c1-11(2)8-16-14(18)12(3)17(4)10-13-6-5-7-15-9-13/h11-13,15H,5-10H2,1-4H3,(H,16,18). The van der Waals surface area contributed by atoms with Crippen molar-refractivity contribution < 1.29 is 4.79 Å². The first kappa shape index (κ1) is 15.4. The Hall–Kier alpha value is -0.610. The minimum atomic E-state index is -0.0364. The molecule has 0 bridgehead atoms. The number of carbonyl (C=O) groups is 1. The first-order valence-electron chi connectivity index (χ1n) is 7.19. The van der Waals surface area contributed by atoms with Crippen LogP contribution in [0.5, 0.6) is 0 Å². The van der Waals surface area contributed by atoms with Crippen LogP contribution < -0.4 is 10.6 Å². The van der Waals surface area contributed by atoms with Gasteiger partial charge in [-0.2, -0.15) is 0 Å². The molecule has 4 heteroatoms. The van der Waals surface area contributed by atoms with Gasteiger partial charge in [0.1, 0.15) is 0 Å². The Morgan fingerprint density at radius 1 is 1.44 bits per heavy atom. The third kappa shape index (κ3) is 5.36. The highest BCUT2D eigenvalue weighted by molar-refractivity contribution is 5.81. The number of nitrogens with zero attached hydrogens (tertiary/aromatic N) is 1. The van der Waals surface area contributed by atoms with Gasteiger partial charge in [0, 0.05) is 13.1 Å². The van der Waals surface area contributed by atoms with Gasteiger partial charge >= 0.3 is 0 Å². The van der Waals surface area contributed by atoms with E-state index in [-0.39, 0.29) is 11.9 Å². The predicted octanol–water partition coefficient (Wildman–Crippen LogP) is 1.08. The Bertz CT molecular complexity index is 249. The van der Waals surface area contributed by atoms with Gasteiger partial charge in [-0.1, -0.05) is 13.8 Å². The van der Waals surface area contributed by atoms with Crippen LogP contribution in [-0.2, 0) is 4.79 Å². The molecule has 4 nitrogen and oxygen atoms in total. The average Bonchev–Trinajstić information content (AvgIpc) is 2.36. The van der Waals surface area contributed by atoms with Crippen LogP contribution in [0, 0.1) is 11.8 Å². The van der Waals surface area contributed by atoms with E-state index in [9.17, 15) is 4.79 Å². The zero-order valence-corrected chi connectivity index (χ0v) is 12.3. The van der Waals surface area contributed by atoms with Gasteiger partial charge in [-0.25, -0.2) is 0 Å². The summed E-state index contributed by atoms with van der Waals surface area (Å²) < 4.78 is 0. The largest absolute Gasteiger partial charge is 0.354 e. The van der Waals surface area contributed by atoms with Crippen molar-refractivity contribution >= 4 is 5.91 Å². The highest BCUT2D eigenvalue weighted by atomic mass is 16.2. The molecular formula is C14H29N3O. The smallest absolute Gasteiger partial charge is 0.237 e. The second-order valence-corrected chi connectivity index (χ2v) is 5.97. The van der Waals surface area contributed by atoms with Crippen molar-refractivity contribution in [1.29, 1.82) is 0 Å². The van der Waals surface area contributed by atoms with Crippen molar-refractivity contribution in [2.45, 2.75) is 39.7 Å². The van der Waals surface area contributed by atoms with E-state index in [0.29, 0.717) is 11.8 Å². The maximum atomic E-state index is 12.0. The molecule has 1 amide bonds. The molecule has 1 aliphatic rings. The Balaban J connectivity index is 2.30. The number of amides is 1. The molecule has 18 heavy (non-hydrogen) atoms. The van der Waals surface area contributed by atoms with Crippen LogP contribution in [0.1, 0.15) is 33.6 Å². The van der Waals surface area contributed by atoms with Gasteiger partial charge < -0.3 is 10.6 Å². The maximum absolute atomic E-state index is 12.0. The first-order chi connectivity index (χ1) is 8.50. The molecule has 0 radical (unpaired) electrons. The number of rotatable bonds is 6. The van der Waals surface area contributed by atoms with Gasteiger partial charge in [-0.3, -0.25) is 9.69 Å². The molecule has 106 valence electrons. The van der Waals surface area contributed by atoms with Crippen LogP contribution in [0.4, 0.5) is 0 Å². The molecule has 0 aromatic heterocycles. The monoisotopic (exact) mass is 255 g/mol. The van der Waals surface area contributed by atoms with Crippen LogP contribution in [0.3, 0.4) is 0 Å². The number of nitrogens with one attached hydrogen (secondary N) is 2. The molecule has 0 aliphatic carbocycles. The third-order valence-corrected chi connectivity index (χ3v) is 3.67. The van der Waals surface area contributed by atoms with Crippen LogP contribution in [-0.4, -0.2) is 50.1 Å². The van der Waals surface area contributed by atoms with E-state index in [4.69, 9.17) is 0 Å². The van der Waals surface area contributed by atoms with Gasteiger partial charge in [-0.05, 0) is 51.7 Å². The quantitative estimate of drug-likeness (QED) is 0.746. The number of hydrogen-bond donors (Lipinski definition) is 2. The van der Waals surface area contributed by atoms with E-state index in [1.165, 1.54) is 12.8 Å². The van der Waals surface area contributed by atoms with Gasteiger partial charge in [0.05, 0.1) is 6.04 Å². The summed E-state index contributed by atoms with van der Waals surface area (Å²) in [5.74, 6) is 1.34. The molecule has 1 rings (SSSR count). The summed E-state index contributed by atoms with van der Waals surface area (Å²) in [6.07, 6.45) is 2.53. The summed E-state index contributed by atoms with van der Waals surface area (Å²) >= 11 is 0. The fraction of sp³-hybridized carbons (Fsp3) is 0.929. The van der Waals surface area contributed by atoms with E-state index in [1.54, 1.807) is 0 Å². The molecule has 0 aromatic rings. The summed E-state index contributed by atoms with van der Waals surface area (Å²) in [6.45, 7) is 10.2. The van der Waals surface area contributed by atoms with E-state index in [0.717, 1.165) is 26.2 Å². The summed E-state index contributed by atoms with van der Waals surface area (Å²) in [5, 5.41) is 6.42. The van der Waals surface area contributed by atoms with E-state index in [2.05, 4.69) is 29.4 Å². The van der Waals surface area contributed by atoms with Crippen molar-refractivity contribution in [2.24, 2.45) is 11.8 Å². The number of hydrogen-bond acceptors (Lipinski definition) is 3. The molecule has 1 saturated heterocycles. The molecule has 2 atom stereocenters. The Morgan fingerprint density at radius 2 is 2.17 bits per heavy atom. The molecular weight excluding hydrogens is 226 g/mol. The van der Waals surface area contributed by atoms with Crippen molar-refractivity contribution in [3.05, 3.63) is 0 Å². The fourth-order valence-electron chi connectivity index (χ4n) is 2.30. The lowest BCUT2D eigenvalue weighted by Crippen LogP contribution is -2.47. The Morgan fingerprint density at radius 3 is 2.72 bits per heavy atom. The van der Waals surface area contributed by atoms with Gasteiger partial charge in [-0.15, -0.1) is 0 Å².